The monoisotopic (exact) mass is 330 g/mol. The first-order valence-corrected chi connectivity index (χ1v) is 9.61. The van der Waals surface area contributed by atoms with Gasteiger partial charge >= 0.3 is 0 Å². The quantitative estimate of drug-likeness (QED) is 0.899. The van der Waals surface area contributed by atoms with Crippen LogP contribution in [0.15, 0.2) is 21.7 Å². The second kappa shape index (κ2) is 6.89. The molecule has 1 amide bonds. The van der Waals surface area contributed by atoms with Crippen molar-refractivity contribution in [3.63, 3.8) is 0 Å². The number of sulfonamides is 1. The molecule has 1 atom stereocenters. The van der Waals surface area contributed by atoms with Gasteiger partial charge < -0.3 is 5.32 Å². The van der Waals surface area contributed by atoms with Gasteiger partial charge in [-0.05, 0) is 37.6 Å². The van der Waals surface area contributed by atoms with Crippen LogP contribution < -0.4 is 5.32 Å². The van der Waals surface area contributed by atoms with Gasteiger partial charge in [-0.1, -0.05) is 13.0 Å². The van der Waals surface area contributed by atoms with Crippen LogP contribution in [0.25, 0.3) is 0 Å². The number of piperidine rings is 1. The van der Waals surface area contributed by atoms with Gasteiger partial charge in [0.1, 0.15) is 4.21 Å². The molecule has 7 heteroatoms. The van der Waals surface area contributed by atoms with Crippen LogP contribution in [0.2, 0.25) is 0 Å². The number of hydrogen-bond donors (Lipinski definition) is 1. The average Bonchev–Trinajstić information content (AvgIpc) is 3.02. The van der Waals surface area contributed by atoms with Crippen LogP contribution >= 0.6 is 11.3 Å². The maximum Gasteiger partial charge on any atom is 0.252 e. The molecule has 0 radical (unpaired) electrons. The SMILES string of the molecule is CC[C@H](C)NC(=O)C1CCN(S(=O)(=O)c2cccs2)CC1. The summed E-state index contributed by atoms with van der Waals surface area (Å²) in [6.07, 6.45) is 2.08. The van der Waals surface area contributed by atoms with Gasteiger partial charge in [0.05, 0.1) is 0 Å². The van der Waals surface area contributed by atoms with E-state index in [0.29, 0.717) is 30.1 Å². The number of nitrogens with one attached hydrogen (secondary N) is 1. The third kappa shape index (κ3) is 3.84. The minimum atomic E-state index is -3.38. The topological polar surface area (TPSA) is 66.5 Å². The van der Waals surface area contributed by atoms with E-state index in [0.717, 1.165) is 6.42 Å². The Morgan fingerprint density at radius 2 is 2.14 bits per heavy atom. The highest BCUT2D eigenvalue weighted by atomic mass is 32.2. The van der Waals surface area contributed by atoms with E-state index in [2.05, 4.69) is 5.32 Å². The lowest BCUT2D eigenvalue weighted by Gasteiger charge is -2.30. The number of nitrogens with zero attached hydrogens (tertiary/aromatic N) is 1. The summed E-state index contributed by atoms with van der Waals surface area (Å²) >= 11 is 1.23. The number of carbonyl (C=O) groups is 1. The van der Waals surface area contributed by atoms with Crippen molar-refractivity contribution in [1.82, 2.24) is 9.62 Å². The van der Waals surface area contributed by atoms with Crippen molar-refractivity contribution in [1.29, 1.82) is 0 Å². The summed E-state index contributed by atoms with van der Waals surface area (Å²) in [5.74, 6) is -0.0219. The molecule has 1 fully saturated rings. The van der Waals surface area contributed by atoms with Gasteiger partial charge in [0.2, 0.25) is 5.91 Å². The van der Waals surface area contributed by atoms with E-state index in [9.17, 15) is 13.2 Å². The van der Waals surface area contributed by atoms with Crippen LogP contribution in [0.1, 0.15) is 33.1 Å². The standard InChI is InChI=1S/C14H22N2O3S2/c1-3-11(2)15-14(17)12-6-8-16(9-7-12)21(18,19)13-5-4-10-20-13/h4-5,10-12H,3,6-9H2,1-2H3,(H,15,17)/t11-/m0/s1. The highest BCUT2D eigenvalue weighted by Crippen LogP contribution is 2.26. The Morgan fingerprint density at radius 1 is 1.48 bits per heavy atom. The van der Waals surface area contributed by atoms with Gasteiger partial charge in [-0.15, -0.1) is 11.3 Å². The van der Waals surface area contributed by atoms with E-state index in [1.165, 1.54) is 15.6 Å². The second-order valence-corrected chi connectivity index (χ2v) is 8.54. The molecule has 0 bridgehead atoms. The van der Waals surface area contributed by atoms with Crippen LogP contribution in [0.5, 0.6) is 0 Å². The molecule has 1 saturated heterocycles. The fraction of sp³-hybridized carbons (Fsp3) is 0.643. The molecular formula is C14H22N2O3S2. The minimum Gasteiger partial charge on any atom is -0.353 e. The highest BCUT2D eigenvalue weighted by Gasteiger charge is 2.32. The number of hydrogen-bond acceptors (Lipinski definition) is 4. The number of thiophene rings is 1. The predicted molar refractivity (Wildman–Crippen MR) is 83.7 cm³/mol. The van der Waals surface area contributed by atoms with Crippen molar-refractivity contribution in [2.75, 3.05) is 13.1 Å². The molecule has 2 rings (SSSR count). The molecule has 0 aromatic carbocycles. The van der Waals surface area contributed by atoms with Crippen molar-refractivity contribution in [3.8, 4) is 0 Å². The van der Waals surface area contributed by atoms with Gasteiger partial charge in [0.15, 0.2) is 0 Å². The van der Waals surface area contributed by atoms with Gasteiger partial charge in [-0.2, -0.15) is 4.31 Å². The lowest BCUT2D eigenvalue weighted by Crippen LogP contribution is -2.44. The Labute approximate surface area is 130 Å². The number of carbonyl (C=O) groups excluding carboxylic acids is 1. The highest BCUT2D eigenvalue weighted by molar-refractivity contribution is 7.91. The third-order valence-electron chi connectivity index (χ3n) is 3.91. The van der Waals surface area contributed by atoms with E-state index >= 15 is 0 Å². The molecule has 0 aliphatic carbocycles. The molecular weight excluding hydrogens is 308 g/mol. The van der Waals surface area contributed by atoms with E-state index in [-0.39, 0.29) is 17.9 Å². The lowest BCUT2D eigenvalue weighted by atomic mass is 9.97. The smallest absolute Gasteiger partial charge is 0.252 e. The van der Waals surface area contributed by atoms with Crippen LogP contribution in [0, 0.1) is 5.92 Å². The summed E-state index contributed by atoms with van der Waals surface area (Å²) in [5, 5.41) is 4.74. The van der Waals surface area contributed by atoms with Gasteiger partial charge in [-0.3, -0.25) is 4.79 Å². The minimum absolute atomic E-state index is 0.0533. The van der Waals surface area contributed by atoms with Crippen molar-refractivity contribution in [2.24, 2.45) is 5.92 Å². The Bertz CT molecular complexity index is 561. The molecule has 21 heavy (non-hydrogen) atoms. The first-order chi connectivity index (χ1) is 9.95. The largest absolute Gasteiger partial charge is 0.353 e. The van der Waals surface area contributed by atoms with Crippen molar-refractivity contribution < 1.29 is 13.2 Å². The zero-order chi connectivity index (χ0) is 15.5. The molecule has 1 N–H and O–H groups in total. The zero-order valence-corrected chi connectivity index (χ0v) is 14.0. The zero-order valence-electron chi connectivity index (χ0n) is 12.4. The molecule has 5 nitrogen and oxygen atoms in total. The molecule has 0 saturated carbocycles. The maximum atomic E-state index is 12.4. The number of rotatable bonds is 5. The first kappa shape index (κ1) is 16.5. The summed E-state index contributed by atoms with van der Waals surface area (Å²) in [6, 6.07) is 3.54. The third-order valence-corrected chi connectivity index (χ3v) is 7.19. The van der Waals surface area contributed by atoms with E-state index in [4.69, 9.17) is 0 Å². The number of amides is 1. The Kier molecular flexibility index (Phi) is 5.40. The normalized spacial score (nSPS) is 19.3. The fourth-order valence-corrected chi connectivity index (χ4v) is 4.97. The molecule has 2 heterocycles. The summed E-state index contributed by atoms with van der Waals surface area (Å²) in [5.41, 5.74) is 0. The fourth-order valence-electron chi connectivity index (χ4n) is 2.36. The summed E-state index contributed by atoms with van der Waals surface area (Å²) in [4.78, 5) is 12.1. The lowest BCUT2D eigenvalue weighted by molar-refractivity contribution is -0.126. The van der Waals surface area contributed by atoms with Gasteiger partial charge in [-0.25, -0.2) is 8.42 Å². The van der Waals surface area contributed by atoms with Crippen LogP contribution in [-0.2, 0) is 14.8 Å². The van der Waals surface area contributed by atoms with Crippen LogP contribution in [0.4, 0.5) is 0 Å². The second-order valence-electron chi connectivity index (χ2n) is 5.43. The summed E-state index contributed by atoms with van der Waals surface area (Å²) in [7, 11) is -3.38. The van der Waals surface area contributed by atoms with Gasteiger partial charge in [0.25, 0.3) is 10.0 Å². The first-order valence-electron chi connectivity index (χ1n) is 7.29. The van der Waals surface area contributed by atoms with E-state index in [1.54, 1.807) is 17.5 Å². The molecule has 118 valence electrons. The van der Waals surface area contributed by atoms with Gasteiger partial charge in [0, 0.05) is 25.0 Å². The molecule has 1 aliphatic heterocycles. The van der Waals surface area contributed by atoms with Crippen molar-refractivity contribution in [3.05, 3.63) is 17.5 Å². The molecule has 0 spiro atoms. The molecule has 1 aliphatic rings. The molecule has 1 aromatic heterocycles. The van der Waals surface area contributed by atoms with Crippen LogP contribution in [-0.4, -0.2) is 37.8 Å². The van der Waals surface area contributed by atoms with E-state index in [1.807, 2.05) is 13.8 Å². The van der Waals surface area contributed by atoms with E-state index < -0.39 is 10.0 Å². The Morgan fingerprint density at radius 3 is 2.67 bits per heavy atom. The summed E-state index contributed by atoms with van der Waals surface area (Å²) in [6.45, 7) is 4.84. The molecule has 0 unspecified atom stereocenters. The average molecular weight is 330 g/mol. The van der Waals surface area contributed by atoms with Crippen molar-refractivity contribution >= 4 is 27.3 Å². The Balaban J connectivity index is 1.93. The van der Waals surface area contributed by atoms with Crippen LogP contribution in [0.3, 0.4) is 0 Å². The predicted octanol–water partition coefficient (Wildman–Crippen LogP) is 2.06. The maximum absolute atomic E-state index is 12.4. The Hall–Kier alpha value is -0.920. The summed E-state index contributed by atoms with van der Waals surface area (Å²) < 4.78 is 26.6. The molecule has 1 aromatic rings. The van der Waals surface area contributed by atoms with Crippen molar-refractivity contribution in [2.45, 2.75) is 43.4 Å².